The Balaban J connectivity index is 1.88. The molecule has 0 aliphatic carbocycles. The Bertz CT molecular complexity index is 961. The zero-order chi connectivity index (χ0) is 23.3. The van der Waals surface area contributed by atoms with E-state index in [1.165, 1.54) is 0 Å². The van der Waals surface area contributed by atoms with Gasteiger partial charge in [0, 0.05) is 46.1 Å². The van der Waals surface area contributed by atoms with Crippen LogP contribution in [0.2, 0.25) is 0 Å². The van der Waals surface area contributed by atoms with Crippen molar-refractivity contribution in [2.24, 2.45) is 5.11 Å². The van der Waals surface area contributed by atoms with Gasteiger partial charge in [-0.15, -0.1) is 0 Å². The quantitative estimate of drug-likeness (QED) is 0.226. The van der Waals surface area contributed by atoms with Gasteiger partial charge < -0.3 is 9.64 Å². The van der Waals surface area contributed by atoms with Crippen molar-refractivity contribution in [1.29, 1.82) is 0 Å². The smallest absolute Gasteiger partial charge is 0.410 e. The van der Waals surface area contributed by atoms with E-state index in [0.717, 1.165) is 20.1 Å². The predicted octanol–water partition coefficient (Wildman–Crippen LogP) is 6.86. The summed E-state index contributed by atoms with van der Waals surface area (Å²) in [6, 6.07) is 15.4. The van der Waals surface area contributed by atoms with Gasteiger partial charge in [0.15, 0.2) is 0 Å². The van der Waals surface area contributed by atoms with E-state index in [4.69, 9.17) is 4.74 Å². The van der Waals surface area contributed by atoms with Crippen molar-refractivity contribution in [3.63, 3.8) is 0 Å². The van der Waals surface area contributed by atoms with E-state index in [1.54, 1.807) is 4.90 Å². The maximum absolute atomic E-state index is 12.5. The molecule has 1 aliphatic heterocycles. The molecule has 1 aliphatic rings. The Hall–Kier alpha value is -2.06. The third kappa shape index (κ3) is 6.48. The summed E-state index contributed by atoms with van der Waals surface area (Å²) in [5.41, 5.74) is 10.8. The molecular weight excluding hydrogens is 538 g/mol. The lowest BCUT2D eigenvalue weighted by atomic mass is 9.92. The number of azide groups is 1. The molecule has 0 saturated carbocycles. The minimum atomic E-state index is -0.525. The molecule has 0 aromatic heterocycles. The molecule has 1 heterocycles. The van der Waals surface area contributed by atoms with Crippen LogP contribution in [0.5, 0.6) is 0 Å². The van der Waals surface area contributed by atoms with Crippen molar-refractivity contribution in [2.75, 3.05) is 26.2 Å². The van der Waals surface area contributed by atoms with Gasteiger partial charge in [0.1, 0.15) is 5.60 Å². The Morgan fingerprint density at radius 2 is 1.47 bits per heavy atom. The third-order valence-corrected chi connectivity index (χ3v) is 6.31. The molecule has 1 amide bonds. The third-order valence-electron chi connectivity index (χ3n) is 5.26. The molecule has 1 fully saturated rings. The highest BCUT2D eigenvalue weighted by Gasteiger charge is 2.34. The number of amides is 1. The summed E-state index contributed by atoms with van der Waals surface area (Å²) in [4.78, 5) is 19.7. The number of piperazine rings is 1. The molecule has 1 saturated heterocycles. The van der Waals surface area contributed by atoms with Gasteiger partial charge in [-0.1, -0.05) is 61.2 Å². The van der Waals surface area contributed by atoms with Crippen LogP contribution in [0.15, 0.2) is 62.6 Å². The number of carbonyl (C=O) groups excluding carboxylic acids is 1. The van der Waals surface area contributed by atoms with Gasteiger partial charge in [-0.3, -0.25) is 4.90 Å². The van der Waals surface area contributed by atoms with E-state index in [0.29, 0.717) is 26.2 Å². The highest BCUT2D eigenvalue weighted by molar-refractivity contribution is 9.10. The number of ether oxygens (including phenoxy) is 1. The first kappa shape index (κ1) is 24.6. The Morgan fingerprint density at radius 1 is 0.969 bits per heavy atom. The molecule has 32 heavy (non-hydrogen) atoms. The second kappa shape index (κ2) is 10.7. The van der Waals surface area contributed by atoms with E-state index in [9.17, 15) is 10.3 Å². The van der Waals surface area contributed by atoms with Gasteiger partial charge in [0.25, 0.3) is 0 Å². The fourth-order valence-corrected chi connectivity index (χ4v) is 4.32. The molecular formula is C23H27Br2N5O2. The number of nitrogens with zero attached hydrogens (tertiary/aromatic N) is 5. The van der Waals surface area contributed by atoms with Crippen LogP contribution in [0.25, 0.3) is 10.4 Å². The number of hydrogen-bond acceptors (Lipinski definition) is 4. The van der Waals surface area contributed by atoms with Crippen molar-refractivity contribution in [1.82, 2.24) is 9.80 Å². The second-order valence-corrected chi connectivity index (χ2v) is 10.5. The van der Waals surface area contributed by atoms with Crippen LogP contribution in [0.3, 0.4) is 0 Å². The van der Waals surface area contributed by atoms with Gasteiger partial charge in [0.2, 0.25) is 0 Å². The molecule has 170 valence electrons. The first-order valence-electron chi connectivity index (χ1n) is 10.4. The minimum Gasteiger partial charge on any atom is -0.444 e. The highest BCUT2D eigenvalue weighted by Crippen LogP contribution is 2.38. The van der Waals surface area contributed by atoms with Crippen LogP contribution in [0, 0.1) is 0 Å². The van der Waals surface area contributed by atoms with Crippen LogP contribution in [0.1, 0.15) is 44.0 Å². The van der Waals surface area contributed by atoms with E-state index in [-0.39, 0.29) is 12.1 Å². The largest absolute Gasteiger partial charge is 0.444 e. The number of halogens is 2. The number of hydrogen-bond donors (Lipinski definition) is 0. The Morgan fingerprint density at radius 3 is 1.94 bits per heavy atom. The second-order valence-electron chi connectivity index (χ2n) is 8.70. The number of carbonyl (C=O) groups is 1. The molecule has 9 heteroatoms. The van der Waals surface area contributed by atoms with E-state index in [1.807, 2.05) is 69.3 Å². The van der Waals surface area contributed by atoms with Gasteiger partial charge in [0.05, 0.1) is 6.04 Å². The monoisotopic (exact) mass is 563 g/mol. The van der Waals surface area contributed by atoms with E-state index >= 15 is 0 Å². The zero-order valence-electron chi connectivity index (χ0n) is 18.4. The lowest BCUT2D eigenvalue weighted by Crippen LogP contribution is -2.51. The summed E-state index contributed by atoms with van der Waals surface area (Å²) < 4.78 is 7.48. The van der Waals surface area contributed by atoms with Crippen molar-refractivity contribution in [3.05, 3.63) is 79.0 Å². The van der Waals surface area contributed by atoms with Crippen LogP contribution in [-0.4, -0.2) is 47.7 Å². The molecule has 0 unspecified atom stereocenters. The molecule has 0 bridgehead atoms. The van der Waals surface area contributed by atoms with Crippen molar-refractivity contribution in [2.45, 2.75) is 38.5 Å². The van der Waals surface area contributed by atoms with Crippen LogP contribution in [0.4, 0.5) is 4.79 Å². The van der Waals surface area contributed by atoms with Crippen molar-refractivity contribution >= 4 is 38.0 Å². The molecule has 2 aromatic rings. The summed E-state index contributed by atoms with van der Waals surface area (Å²) in [5, 5.41) is 4.21. The first-order chi connectivity index (χ1) is 15.2. The Labute approximate surface area is 205 Å². The fraction of sp³-hybridized carbons (Fsp3) is 0.435. The standard InChI is InChI=1S/C23H27Br2N5O2/c1-23(2,3)32-22(31)30-14-12-29(13-15-30)21(17-6-10-19(25)11-7-17)20(27-28-26)16-4-8-18(24)9-5-16/h4-11,20-21H,12-15H2,1-3H3/t20-,21+/m0/s1. The predicted molar refractivity (Wildman–Crippen MR) is 132 cm³/mol. The summed E-state index contributed by atoms with van der Waals surface area (Å²) >= 11 is 6.97. The highest BCUT2D eigenvalue weighted by atomic mass is 79.9. The van der Waals surface area contributed by atoms with Gasteiger partial charge in [-0.25, -0.2) is 4.79 Å². The maximum Gasteiger partial charge on any atom is 0.410 e. The molecule has 0 radical (unpaired) electrons. The fourth-order valence-electron chi connectivity index (χ4n) is 3.79. The zero-order valence-corrected chi connectivity index (χ0v) is 21.6. The van der Waals surface area contributed by atoms with E-state index in [2.05, 4.69) is 46.8 Å². The lowest BCUT2D eigenvalue weighted by Gasteiger charge is -2.41. The molecule has 3 rings (SSSR count). The summed E-state index contributed by atoms with van der Waals surface area (Å²) in [6.45, 7) is 7.99. The Kier molecular flexibility index (Phi) is 8.22. The van der Waals surface area contributed by atoms with Gasteiger partial charge >= 0.3 is 6.09 Å². The van der Waals surface area contributed by atoms with Crippen LogP contribution in [-0.2, 0) is 4.74 Å². The first-order valence-corrected chi connectivity index (χ1v) is 12.0. The normalized spacial score (nSPS) is 16.7. The average Bonchev–Trinajstić information content (AvgIpc) is 2.74. The summed E-state index contributed by atoms with van der Waals surface area (Å²) in [6.07, 6.45) is -0.295. The topological polar surface area (TPSA) is 81.5 Å². The summed E-state index contributed by atoms with van der Waals surface area (Å²) in [5.74, 6) is 0. The molecule has 0 spiro atoms. The van der Waals surface area contributed by atoms with Crippen LogP contribution < -0.4 is 0 Å². The van der Waals surface area contributed by atoms with E-state index < -0.39 is 11.6 Å². The van der Waals surface area contributed by atoms with Gasteiger partial charge in [-0.2, -0.15) is 0 Å². The summed E-state index contributed by atoms with van der Waals surface area (Å²) in [7, 11) is 0. The SMILES string of the molecule is CC(C)(C)OC(=O)N1CCN([C@H](c2ccc(Br)cc2)[C@@H](N=[N+]=[N-])c2ccc(Br)cc2)CC1. The van der Waals surface area contributed by atoms with Crippen molar-refractivity contribution < 1.29 is 9.53 Å². The molecule has 2 atom stereocenters. The van der Waals surface area contributed by atoms with Crippen molar-refractivity contribution in [3.8, 4) is 0 Å². The molecule has 0 N–H and O–H groups in total. The van der Waals surface area contributed by atoms with Gasteiger partial charge in [-0.05, 0) is 61.7 Å². The maximum atomic E-state index is 12.5. The number of benzene rings is 2. The number of rotatable bonds is 5. The molecule has 7 nitrogen and oxygen atoms in total. The molecule has 2 aromatic carbocycles. The van der Waals surface area contributed by atoms with Crippen LogP contribution >= 0.6 is 31.9 Å². The average molecular weight is 565 g/mol. The lowest BCUT2D eigenvalue weighted by molar-refractivity contribution is 0.00872. The minimum absolute atomic E-state index is 0.166.